The monoisotopic (exact) mass is 319 g/mol. The van der Waals surface area contributed by atoms with Crippen LogP contribution in [0, 0.1) is 0 Å². The Kier molecular flexibility index (Phi) is 5.77. The first-order chi connectivity index (χ1) is 10.6. The molecule has 0 aliphatic carbocycles. The lowest BCUT2D eigenvalue weighted by Crippen LogP contribution is -2.51. The fourth-order valence-electron chi connectivity index (χ4n) is 2.81. The molecule has 1 heterocycles. The van der Waals surface area contributed by atoms with Crippen molar-refractivity contribution in [2.24, 2.45) is 0 Å². The lowest BCUT2D eigenvalue weighted by Gasteiger charge is -2.36. The van der Waals surface area contributed by atoms with Crippen LogP contribution in [0.3, 0.4) is 0 Å². The molecule has 1 aliphatic rings. The van der Waals surface area contributed by atoms with E-state index in [-0.39, 0.29) is 5.91 Å². The molecule has 1 N–H and O–H groups in total. The summed E-state index contributed by atoms with van der Waals surface area (Å²) in [6.07, 6.45) is 1.97. The summed E-state index contributed by atoms with van der Waals surface area (Å²) in [5.74, 6) is 0.142. The van der Waals surface area contributed by atoms with E-state index in [2.05, 4.69) is 42.3 Å². The third kappa shape index (κ3) is 3.77. The lowest BCUT2D eigenvalue weighted by molar-refractivity contribution is -0.130. The van der Waals surface area contributed by atoms with E-state index in [0.29, 0.717) is 0 Å². The highest BCUT2D eigenvalue weighted by Crippen LogP contribution is 2.23. The molecule has 4 nitrogen and oxygen atoms in total. The summed E-state index contributed by atoms with van der Waals surface area (Å²) in [5, 5.41) is 4.21. The van der Waals surface area contributed by atoms with E-state index in [1.54, 1.807) is 6.92 Å². The minimum Gasteiger partial charge on any atom is -0.345 e. The van der Waals surface area contributed by atoms with Gasteiger partial charge in [0.05, 0.1) is 0 Å². The zero-order chi connectivity index (χ0) is 16.1. The number of piperazine rings is 1. The van der Waals surface area contributed by atoms with E-state index in [0.717, 1.165) is 49.8 Å². The minimum atomic E-state index is 0.142. The number of anilines is 1. The fourth-order valence-corrected chi connectivity index (χ4v) is 3.10. The van der Waals surface area contributed by atoms with Crippen LogP contribution in [0.2, 0.25) is 0 Å². The number of hydrogen-bond acceptors (Lipinski definition) is 2. The van der Waals surface area contributed by atoms with Crippen LogP contribution in [0.25, 0.3) is 0 Å². The van der Waals surface area contributed by atoms with Crippen LogP contribution in [-0.2, 0) is 17.6 Å². The number of rotatable bonds is 3. The Morgan fingerprint density at radius 3 is 2.05 bits per heavy atom. The molecule has 0 aromatic heterocycles. The fraction of sp³-hybridized carbons (Fsp3) is 0.529. The lowest BCUT2D eigenvalue weighted by atomic mass is 10.0. The second-order valence-corrected chi connectivity index (χ2v) is 5.97. The Balaban J connectivity index is 2.05. The molecule has 0 spiro atoms. The number of benzene rings is 1. The number of para-hydroxylation sites is 1. The average molecular weight is 319 g/mol. The highest BCUT2D eigenvalue weighted by atomic mass is 32.1. The van der Waals surface area contributed by atoms with Gasteiger partial charge in [-0.25, -0.2) is 0 Å². The largest absolute Gasteiger partial charge is 0.345 e. The van der Waals surface area contributed by atoms with E-state index in [9.17, 15) is 4.79 Å². The average Bonchev–Trinajstić information content (AvgIpc) is 2.55. The minimum absolute atomic E-state index is 0.142. The molecule has 1 aromatic rings. The van der Waals surface area contributed by atoms with E-state index in [1.807, 2.05) is 4.90 Å². The SMILES string of the molecule is CCc1cccc(CC)c1NC(=S)N1CCN(C(C)=O)CC1. The Morgan fingerprint density at radius 1 is 1.09 bits per heavy atom. The number of nitrogens with one attached hydrogen (secondary N) is 1. The van der Waals surface area contributed by atoms with Crippen molar-refractivity contribution < 1.29 is 4.79 Å². The molecule has 1 fully saturated rings. The van der Waals surface area contributed by atoms with Crippen molar-refractivity contribution in [1.29, 1.82) is 0 Å². The Morgan fingerprint density at radius 2 is 1.59 bits per heavy atom. The van der Waals surface area contributed by atoms with Gasteiger partial charge in [-0.2, -0.15) is 0 Å². The zero-order valence-electron chi connectivity index (χ0n) is 13.7. The van der Waals surface area contributed by atoms with Gasteiger partial charge >= 0.3 is 0 Å². The number of carbonyl (C=O) groups excluding carboxylic acids is 1. The van der Waals surface area contributed by atoms with Gasteiger partial charge in [0.1, 0.15) is 0 Å². The molecule has 0 atom stereocenters. The van der Waals surface area contributed by atoms with Gasteiger partial charge in [0.2, 0.25) is 5.91 Å². The Hall–Kier alpha value is -1.62. The van der Waals surface area contributed by atoms with Crippen molar-refractivity contribution in [3.8, 4) is 0 Å². The summed E-state index contributed by atoms with van der Waals surface area (Å²) in [4.78, 5) is 15.4. The molecule has 0 saturated carbocycles. The predicted molar refractivity (Wildman–Crippen MR) is 95.2 cm³/mol. The maximum Gasteiger partial charge on any atom is 0.219 e. The third-order valence-electron chi connectivity index (χ3n) is 4.24. The van der Waals surface area contributed by atoms with Crippen molar-refractivity contribution in [2.75, 3.05) is 31.5 Å². The normalized spacial score (nSPS) is 14.9. The molecular weight excluding hydrogens is 294 g/mol. The molecule has 1 amide bonds. The Labute approximate surface area is 138 Å². The number of hydrogen-bond donors (Lipinski definition) is 1. The summed E-state index contributed by atoms with van der Waals surface area (Å²) < 4.78 is 0. The summed E-state index contributed by atoms with van der Waals surface area (Å²) in [6, 6.07) is 6.41. The van der Waals surface area contributed by atoms with Crippen molar-refractivity contribution >= 4 is 28.9 Å². The second kappa shape index (κ2) is 7.58. The topological polar surface area (TPSA) is 35.6 Å². The summed E-state index contributed by atoms with van der Waals surface area (Å²) in [6.45, 7) is 9.02. The smallest absolute Gasteiger partial charge is 0.219 e. The summed E-state index contributed by atoms with van der Waals surface area (Å²) in [5.41, 5.74) is 3.75. The number of nitrogens with zero attached hydrogens (tertiary/aromatic N) is 2. The molecule has 1 aliphatic heterocycles. The maximum atomic E-state index is 11.4. The second-order valence-electron chi connectivity index (χ2n) is 5.58. The van der Waals surface area contributed by atoms with E-state index < -0.39 is 0 Å². The van der Waals surface area contributed by atoms with Gasteiger partial charge in [-0.15, -0.1) is 0 Å². The van der Waals surface area contributed by atoms with Gasteiger partial charge in [-0.3, -0.25) is 4.79 Å². The first-order valence-corrected chi connectivity index (χ1v) is 8.39. The summed E-state index contributed by atoms with van der Waals surface area (Å²) >= 11 is 5.59. The van der Waals surface area contributed by atoms with Gasteiger partial charge in [-0.05, 0) is 36.2 Å². The first kappa shape index (κ1) is 16.7. The van der Waals surface area contributed by atoms with Crippen LogP contribution in [-0.4, -0.2) is 47.0 Å². The molecule has 2 rings (SSSR count). The molecule has 120 valence electrons. The van der Waals surface area contributed by atoms with Crippen molar-refractivity contribution in [3.05, 3.63) is 29.3 Å². The Bertz CT molecular complexity index is 529. The number of thiocarbonyl (C=S) groups is 1. The van der Waals surface area contributed by atoms with Crippen LogP contribution in [0.15, 0.2) is 18.2 Å². The van der Waals surface area contributed by atoms with E-state index in [4.69, 9.17) is 12.2 Å². The van der Waals surface area contributed by atoms with Crippen LogP contribution in [0.5, 0.6) is 0 Å². The van der Waals surface area contributed by atoms with Crippen molar-refractivity contribution in [2.45, 2.75) is 33.6 Å². The van der Waals surface area contributed by atoms with Gasteiger partial charge in [0.25, 0.3) is 0 Å². The van der Waals surface area contributed by atoms with Crippen LogP contribution in [0.4, 0.5) is 5.69 Å². The molecule has 0 unspecified atom stereocenters. The molecular formula is C17H25N3OS. The van der Waals surface area contributed by atoms with Gasteiger partial charge in [-0.1, -0.05) is 32.0 Å². The molecule has 22 heavy (non-hydrogen) atoms. The highest BCUT2D eigenvalue weighted by Gasteiger charge is 2.21. The molecule has 5 heteroatoms. The third-order valence-corrected chi connectivity index (χ3v) is 4.60. The number of amides is 1. The first-order valence-electron chi connectivity index (χ1n) is 7.99. The van der Waals surface area contributed by atoms with Crippen LogP contribution >= 0.6 is 12.2 Å². The quantitative estimate of drug-likeness (QED) is 0.869. The molecule has 0 bridgehead atoms. The standard InChI is InChI=1S/C17H25N3OS/c1-4-14-7-6-8-15(5-2)16(14)18-17(22)20-11-9-19(10-12-20)13(3)21/h6-8H,4-5,9-12H2,1-3H3,(H,18,22). The maximum absolute atomic E-state index is 11.4. The molecule has 0 radical (unpaired) electrons. The van der Waals surface area contributed by atoms with E-state index >= 15 is 0 Å². The van der Waals surface area contributed by atoms with Crippen molar-refractivity contribution in [1.82, 2.24) is 9.80 Å². The zero-order valence-corrected chi connectivity index (χ0v) is 14.5. The highest BCUT2D eigenvalue weighted by molar-refractivity contribution is 7.80. The van der Waals surface area contributed by atoms with Gasteiger partial charge in [0, 0.05) is 38.8 Å². The predicted octanol–water partition coefficient (Wildman–Crippen LogP) is 2.67. The van der Waals surface area contributed by atoms with Crippen LogP contribution < -0.4 is 5.32 Å². The van der Waals surface area contributed by atoms with Crippen molar-refractivity contribution in [3.63, 3.8) is 0 Å². The van der Waals surface area contributed by atoms with E-state index in [1.165, 1.54) is 11.1 Å². The van der Waals surface area contributed by atoms with Gasteiger partial charge < -0.3 is 15.1 Å². The molecule has 1 saturated heterocycles. The van der Waals surface area contributed by atoms with Crippen LogP contribution in [0.1, 0.15) is 31.9 Å². The number of aryl methyl sites for hydroxylation is 2. The molecule has 1 aromatic carbocycles. The van der Waals surface area contributed by atoms with Gasteiger partial charge in [0.15, 0.2) is 5.11 Å². The summed E-state index contributed by atoms with van der Waals surface area (Å²) in [7, 11) is 0. The number of carbonyl (C=O) groups is 1.